The van der Waals surface area contributed by atoms with Crippen molar-refractivity contribution in [2.75, 3.05) is 6.61 Å². The van der Waals surface area contributed by atoms with Crippen molar-refractivity contribution in [2.24, 2.45) is 0 Å². The van der Waals surface area contributed by atoms with Crippen molar-refractivity contribution in [2.45, 2.75) is 6.92 Å². The van der Waals surface area contributed by atoms with Crippen molar-refractivity contribution in [3.63, 3.8) is 0 Å². The molecule has 15 heavy (non-hydrogen) atoms. The first-order chi connectivity index (χ1) is 7.10. The average molecular weight is 209 g/mol. The zero-order valence-corrected chi connectivity index (χ0v) is 7.95. The van der Waals surface area contributed by atoms with Crippen LogP contribution in [0.25, 0.3) is 0 Å². The van der Waals surface area contributed by atoms with E-state index in [1.165, 1.54) is 0 Å². The fourth-order valence-corrected chi connectivity index (χ4v) is 1.03. The normalized spacial score (nSPS) is 9.40. The lowest BCUT2D eigenvalue weighted by Crippen LogP contribution is -2.07. The van der Waals surface area contributed by atoms with Crippen LogP contribution < -0.4 is 0 Å². The van der Waals surface area contributed by atoms with Crippen molar-refractivity contribution in [3.8, 4) is 11.8 Å². The van der Waals surface area contributed by atoms with E-state index in [2.05, 4.69) is 4.74 Å². The SMILES string of the molecule is CCOC(=O)c1cc(O)c(F)cc1C#N. The van der Waals surface area contributed by atoms with Gasteiger partial charge in [-0.3, -0.25) is 0 Å². The highest BCUT2D eigenvalue weighted by Crippen LogP contribution is 2.21. The number of hydrogen-bond donors (Lipinski definition) is 1. The number of phenols is 1. The molecule has 0 fully saturated rings. The minimum atomic E-state index is -0.945. The van der Waals surface area contributed by atoms with Gasteiger partial charge in [-0.25, -0.2) is 9.18 Å². The molecule has 0 aromatic heterocycles. The standard InChI is InChI=1S/C10H8FNO3/c1-2-15-10(14)7-4-9(13)8(11)3-6(7)5-12/h3-4,13H,2H2,1H3. The van der Waals surface area contributed by atoms with Gasteiger partial charge < -0.3 is 9.84 Å². The number of halogens is 1. The molecule has 1 aromatic rings. The number of nitriles is 1. The Labute approximate surface area is 85.5 Å². The maximum atomic E-state index is 12.8. The molecular weight excluding hydrogens is 201 g/mol. The highest BCUT2D eigenvalue weighted by molar-refractivity contribution is 5.92. The van der Waals surface area contributed by atoms with E-state index in [4.69, 9.17) is 10.4 Å². The molecule has 1 rings (SSSR count). The van der Waals surface area contributed by atoms with E-state index < -0.39 is 17.5 Å². The molecule has 1 aromatic carbocycles. The molecule has 0 bridgehead atoms. The second-order valence-electron chi connectivity index (χ2n) is 2.68. The van der Waals surface area contributed by atoms with E-state index in [-0.39, 0.29) is 17.7 Å². The topological polar surface area (TPSA) is 70.3 Å². The summed E-state index contributed by atoms with van der Waals surface area (Å²) >= 11 is 0. The maximum Gasteiger partial charge on any atom is 0.339 e. The third-order valence-corrected chi connectivity index (χ3v) is 1.70. The number of carbonyl (C=O) groups is 1. The molecule has 0 atom stereocenters. The zero-order chi connectivity index (χ0) is 11.4. The first-order valence-electron chi connectivity index (χ1n) is 4.19. The number of aromatic hydroxyl groups is 1. The van der Waals surface area contributed by atoms with Gasteiger partial charge in [-0.05, 0) is 19.1 Å². The number of benzene rings is 1. The molecule has 5 heteroatoms. The van der Waals surface area contributed by atoms with Crippen LogP contribution in [0.3, 0.4) is 0 Å². The third-order valence-electron chi connectivity index (χ3n) is 1.70. The van der Waals surface area contributed by atoms with Crippen molar-refractivity contribution in [1.29, 1.82) is 5.26 Å². The Hall–Kier alpha value is -2.09. The van der Waals surface area contributed by atoms with Gasteiger partial charge in [0.05, 0.1) is 17.7 Å². The van der Waals surface area contributed by atoms with Crippen molar-refractivity contribution in [1.82, 2.24) is 0 Å². The third kappa shape index (κ3) is 2.23. The van der Waals surface area contributed by atoms with Crippen LogP contribution in [0, 0.1) is 17.1 Å². The molecule has 0 heterocycles. The summed E-state index contributed by atoms with van der Waals surface area (Å²) in [6.07, 6.45) is 0. The number of esters is 1. The second-order valence-corrected chi connectivity index (χ2v) is 2.68. The highest BCUT2D eigenvalue weighted by atomic mass is 19.1. The van der Waals surface area contributed by atoms with E-state index in [0.29, 0.717) is 0 Å². The summed E-state index contributed by atoms with van der Waals surface area (Å²) in [5.74, 6) is -2.39. The van der Waals surface area contributed by atoms with Crippen LogP contribution in [0.2, 0.25) is 0 Å². The summed E-state index contributed by atoms with van der Waals surface area (Å²) in [6.45, 7) is 1.75. The van der Waals surface area contributed by atoms with Crippen LogP contribution >= 0.6 is 0 Å². The van der Waals surface area contributed by atoms with Gasteiger partial charge in [-0.2, -0.15) is 5.26 Å². The highest BCUT2D eigenvalue weighted by Gasteiger charge is 2.16. The molecule has 0 spiro atoms. The molecule has 0 saturated carbocycles. The molecule has 0 radical (unpaired) electrons. The first kappa shape index (κ1) is 11.0. The Morgan fingerprint density at radius 2 is 2.33 bits per heavy atom. The largest absolute Gasteiger partial charge is 0.505 e. The number of hydrogen-bond acceptors (Lipinski definition) is 4. The minimum Gasteiger partial charge on any atom is -0.505 e. The predicted molar refractivity (Wildman–Crippen MR) is 48.7 cm³/mol. The molecule has 0 saturated heterocycles. The lowest BCUT2D eigenvalue weighted by atomic mass is 10.1. The van der Waals surface area contributed by atoms with E-state index in [1.807, 2.05) is 0 Å². The van der Waals surface area contributed by atoms with Crippen LogP contribution in [0.5, 0.6) is 5.75 Å². The molecule has 0 aliphatic rings. The summed E-state index contributed by atoms with van der Waals surface area (Å²) < 4.78 is 17.5. The quantitative estimate of drug-likeness (QED) is 0.750. The molecule has 4 nitrogen and oxygen atoms in total. The number of phenolic OH excluding ortho intramolecular Hbond substituents is 1. The first-order valence-corrected chi connectivity index (χ1v) is 4.19. The Morgan fingerprint density at radius 1 is 1.67 bits per heavy atom. The molecule has 0 aliphatic heterocycles. The lowest BCUT2D eigenvalue weighted by Gasteiger charge is -2.04. The Balaban J connectivity index is 3.23. The Kier molecular flexibility index (Phi) is 3.24. The van der Waals surface area contributed by atoms with Gasteiger partial charge in [-0.15, -0.1) is 0 Å². The number of carbonyl (C=O) groups excluding carboxylic acids is 1. The molecule has 0 aliphatic carbocycles. The monoisotopic (exact) mass is 209 g/mol. The number of ether oxygens (including phenoxy) is 1. The molecule has 0 amide bonds. The van der Waals surface area contributed by atoms with Gasteiger partial charge in [0.2, 0.25) is 0 Å². The number of rotatable bonds is 2. The zero-order valence-electron chi connectivity index (χ0n) is 7.95. The summed E-state index contributed by atoms with van der Waals surface area (Å²) in [5, 5.41) is 17.7. The van der Waals surface area contributed by atoms with Crippen molar-refractivity contribution >= 4 is 5.97 Å². The van der Waals surface area contributed by atoms with E-state index in [1.54, 1.807) is 13.0 Å². The predicted octanol–water partition coefficient (Wildman–Crippen LogP) is 1.58. The molecule has 0 unspecified atom stereocenters. The van der Waals surface area contributed by atoms with Crippen LogP contribution in [0.1, 0.15) is 22.8 Å². The molecule has 1 N–H and O–H groups in total. The smallest absolute Gasteiger partial charge is 0.339 e. The summed E-state index contributed by atoms with van der Waals surface area (Å²) in [4.78, 5) is 11.3. The van der Waals surface area contributed by atoms with Gasteiger partial charge in [0.1, 0.15) is 6.07 Å². The van der Waals surface area contributed by atoms with Crippen LogP contribution in [0.15, 0.2) is 12.1 Å². The molecular formula is C10H8FNO3. The molecule has 78 valence electrons. The second kappa shape index (κ2) is 4.42. The lowest BCUT2D eigenvalue weighted by molar-refractivity contribution is 0.0525. The minimum absolute atomic E-state index is 0.141. The van der Waals surface area contributed by atoms with Crippen LogP contribution in [-0.2, 0) is 4.74 Å². The van der Waals surface area contributed by atoms with Gasteiger partial charge in [0.15, 0.2) is 11.6 Å². The summed E-state index contributed by atoms with van der Waals surface area (Å²) in [6, 6.07) is 3.33. The van der Waals surface area contributed by atoms with Gasteiger partial charge in [0.25, 0.3) is 0 Å². The summed E-state index contributed by atoms with van der Waals surface area (Å²) in [7, 11) is 0. The van der Waals surface area contributed by atoms with Crippen LogP contribution in [0.4, 0.5) is 4.39 Å². The maximum absolute atomic E-state index is 12.8. The van der Waals surface area contributed by atoms with E-state index >= 15 is 0 Å². The van der Waals surface area contributed by atoms with Gasteiger partial charge in [0, 0.05) is 0 Å². The van der Waals surface area contributed by atoms with Crippen molar-refractivity contribution in [3.05, 3.63) is 29.1 Å². The Morgan fingerprint density at radius 3 is 2.87 bits per heavy atom. The summed E-state index contributed by atoms with van der Waals surface area (Å²) in [5.41, 5.74) is -0.304. The van der Waals surface area contributed by atoms with Gasteiger partial charge in [-0.1, -0.05) is 0 Å². The fraction of sp³-hybridized carbons (Fsp3) is 0.200. The fourth-order valence-electron chi connectivity index (χ4n) is 1.03. The van der Waals surface area contributed by atoms with Crippen LogP contribution in [-0.4, -0.2) is 17.7 Å². The van der Waals surface area contributed by atoms with Gasteiger partial charge >= 0.3 is 5.97 Å². The Bertz CT molecular complexity index is 437. The average Bonchev–Trinajstić information content (AvgIpc) is 2.21. The van der Waals surface area contributed by atoms with Crippen molar-refractivity contribution < 1.29 is 19.0 Å². The van der Waals surface area contributed by atoms with E-state index in [0.717, 1.165) is 12.1 Å². The van der Waals surface area contributed by atoms with E-state index in [9.17, 15) is 9.18 Å². The number of nitrogens with zero attached hydrogens (tertiary/aromatic N) is 1.